The lowest BCUT2D eigenvalue weighted by Crippen LogP contribution is -2.03. The zero-order valence-electron chi connectivity index (χ0n) is 5.55. The van der Waals surface area contributed by atoms with E-state index in [4.69, 9.17) is 4.74 Å². The van der Waals surface area contributed by atoms with Crippen LogP contribution in [0.4, 0.5) is 0 Å². The van der Waals surface area contributed by atoms with Crippen molar-refractivity contribution in [1.82, 2.24) is 0 Å². The van der Waals surface area contributed by atoms with Gasteiger partial charge in [-0.05, 0) is 0 Å². The second-order valence-corrected chi connectivity index (χ2v) is 2.26. The summed E-state index contributed by atoms with van der Waals surface area (Å²) in [5.74, 6) is 0.691. The Labute approximate surface area is 58.7 Å². The van der Waals surface area contributed by atoms with Crippen molar-refractivity contribution in [1.29, 1.82) is 0 Å². The van der Waals surface area contributed by atoms with Gasteiger partial charge in [-0.1, -0.05) is 0 Å². The number of hydrogen-bond acceptors (Lipinski definition) is 4. The highest BCUT2D eigenvalue weighted by Gasteiger charge is 1.97. The summed E-state index contributed by atoms with van der Waals surface area (Å²) in [6.07, 6.45) is 0. The molecule has 3 nitrogen and oxygen atoms in total. The minimum Gasteiger partial charge on any atom is -0.468 e. The Balaban J connectivity index is 2.97. The van der Waals surface area contributed by atoms with Crippen LogP contribution < -0.4 is 0 Å². The van der Waals surface area contributed by atoms with E-state index in [1.54, 1.807) is 7.11 Å². The van der Waals surface area contributed by atoms with Gasteiger partial charge in [0.05, 0.1) is 18.8 Å². The van der Waals surface area contributed by atoms with Gasteiger partial charge in [-0.3, -0.25) is 4.79 Å². The average Bonchev–Trinajstić information content (AvgIpc) is 1.89. The zero-order valence-corrected chi connectivity index (χ0v) is 6.36. The van der Waals surface area contributed by atoms with Gasteiger partial charge in [0.15, 0.2) is 0 Å². The van der Waals surface area contributed by atoms with Crippen molar-refractivity contribution in [3.8, 4) is 0 Å². The highest BCUT2D eigenvalue weighted by molar-refractivity contribution is 7.99. The van der Waals surface area contributed by atoms with Crippen molar-refractivity contribution < 1.29 is 14.3 Å². The van der Waals surface area contributed by atoms with Crippen molar-refractivity contribution in [2.24, 2.45) is 0 Å². The van der Waals surface area contributed by atoms with Crippen LogP contribution in [0.25, 0.3) is 0 Å². The molecule has 4 heteroatoms. The van der Waals surface area contributed by atoms with E-state index >= 15 is 0 Å². The van der Waals surface area contributed by atoms with Crippen molar-refractivity contribution in [2.75, 3.05) is 25.9 Å². The largest absolute Gasteiger partial charge is 0.468 e. The lowest BCUT2D eigenvalue weighted by molar-refractivity contribution is -0.137. The summed E-state index contributed by atoms with van der Waals surface area (Å²) in [5.41, 5.74) is 0. The molecule has 0 rings (SSSR count). The fraction of sp³-hybridized carbons (Fsp3) is 0.800. The molecule has 0 aliphatic rings. The number of carbonyl (C=O) groups is 1. The highest BCUT2D eigenvalue weighted by Crippen LogP contribution is 1.98. The normalized spacial score (nSPS) is 9.11. The standard InChI is InChI=1S/C5H10O3S/c1-7-4-9-3-5(6)8-2/h3-4H2,1-2H3. The molecule has 0 spiro atoms. The van der Waals surface area contributed by atoms with E-state index in [1.807, 2.05) is 0 Å². The molecule has 0 bridgehead atoms. The Morgan fingerprint density at radius 3 is 2.67 bits per heavy atom. The molecule has 0 aromatic rings. The Bertz CT molecular complexity index is 84.3. The smallest absolute Gasteiger partial charge is 0.315 e. The summed E-state index contributed by atoms with van der Waals surface area (Å²) in [6.45, 7) is 0. The molecule has 0 N–H and O–H groups in total. The summed E-state index contributed by atoms with van der Waals surface area (Å²) < 4.78 is 9.07. The molecule has 0 heterocycles. The summed E-state index contributed by atoms with van der Waals surface area (Å²) in [4.78, 5) is 10.4. The van der Waals surface area contributed by atoms with Gasteiger partial charge in [-0.25, -0.2) is 0 Å². The first-order valence-electron chi connectivity index (χ1n) is 2.44. The summed E-state index contributed by atoms with van der Waals surface area (Å²) >= 11 is 1.39. The number of methoxy groups -OCH3 is 2. The van der Waals surface area contributed by atoms with E-state index in [1.165, 1.54) is 18.9 Å². The molecule has 9 heavy (non-hydrogen) atoms. The molecule has 0 atom stereocenters. The third-order valence-corrected chi connectivity index (χ3v) is 1.49. The van der Waals surface area contributed by atoms with E-state index in [9.17, 15) is 4.79 Å². The van der Waals surface area contributed by atoms with E-state index in [0.717, 1.165) is 0 Å². The van der Waals surface area contributed by atoms with Crippen molar-refractivity contribution in [2.45, 2.75) is 0 Å². The molecular formula is C5H10O3S. The Morgan fingerprint density at radius 1 is 1.56 bits per heavy atom. The van der Waals surface area contributed by atoms with Crippen LogP contribution in [-0.2, 0) is 14.3 Å². The zero-order chi connectivity index (χ0) is 7.11. The minimum absolute atomic E-state index is 0.211. The van der Waals surface area contributed by atoms with Crippen LogP contribution >= 0.6 is 11.8 Å². The monoisotopic (exact) mass is 150 g/mol. The molecule has 0 saturated heterocycles. The maximum absolute atomic E-state index is 10.4. The minimum atomic E-state index is -0.211. The molecule has 54 valence electrons. The van der Waals surface area contributed by atoms with Crippen LogP contribution in [0.5, 0.6) is 0 Å². The first-order valence-corrected chi connectivity index (χ1v) is 3.60. The second kappa shape index (κ2) is 5.91. The van der Waals surface area contributed by atoms with Crippen LogP contribution in [0.3, 0.4) is 0 Å². The fourth-order valence-corrected chi connectivity index (χ4v) is 0.802. The molecule has 0 aromatic heterocycles. The van der Waals surface area contributed by atoms with Gasteiger partial charge < -0.3 is 9.47 Å². The Kier molecular flexibility index (Phi) is 5.76. The van der Waals surface area contributed by atoms with E-state index < -0.39 is 0 Å². The first kappa shape index (κ1) is 8.78. The molecule has 0 amide bonds. The Morgan fingerprint density at radius 2 is 2.22 bits per heavy atom. The number of ether oxygens (including phenoxy) is 2. The van der Waals surface area contributed by atoms with E-state index in [-0.39, 0.29) is 5.97 Å². The van der Waals surface area contributed by atoms with Gasteiger partial charge in [0, 0.05) is 7.11 Å². The van der Waals surface area contributed by atoms with E-state index in [0.29, 0.717) is 11.7 Å². The maximum atomic E-state index is 10.4. The molecule has 0 aliphatic carbocycles. The topological polar surface area (TPSA) is 35.5 Å². The number of rotatable bonds is 4. The van der Waals surface area contributed by atoms with Crippen LogP contribution in [-0.4, -0.2) is 31.9 Å². The van der Waals surface area contributed by atoms with Crippen LogP contribution in [0, 0.1) is 0 Å². The highest BCUT2D eigenvalue weighted by atomic mass is 32.2. The predicted molar refractivity (Wildman–Crippen MR) is 36.4 cm³/mol. The number of carbonyl (C=O) groups excluding carboxylic acids is 1. The SMILES string of the molecule is COCSCC(=O)OC. The number of thioether (sulfide) groups is 1. The van der Waals surface area contributed by atoms with Crippen LogP contribution in [0.1, 0.15) is 0 Å². The molecule has 0 saturated carbocycles. The Hall–Kier alpha value is -0.220. The van der Waals surface area contributed by atoms with Crippen LogP contribution in [0.15, 0.2) is 0 Å². The molecule has 0 aromatic carbocycles. The van der Waals surface area contributed by atoms with Gasteiger partial charge in [-0.15, -0.1) is 11.8 Å². The van der Waals surface area contributed by atoms with Crippen LogP contribution in [0.2, 0.25) is 0 Å². The van der Waals surface area contributed by atoms with Gasteiger partial charge in [0.2, 0.25) is 0 Å². The lowest BCUT2D eigenvalue weighted by atomic mass is 10.8. The first-order chi connectivity index (χ1) is 4.31. The van der Waals surface area contributed by atoms with Gasteiger partial charge in [-0.2, -0.15) is 0 Å². The maximum Gasteiger partial charge on any atom is 0.315 e. The lowest BCUT2D eigenvalue weighted by Gasteiger charge is -1.96. The second-order valence-electron chi connectivity index (χ2n) is 1.33. The molecule has 0 fully saturated rings. The molecule has 0 radical (unpaired) electrons. The third-order valence-electron chi connectivity index (χ3n) is 0.649. The predicted octanol–water partition coefficient (Wildman–Crippen LogP) is 0.497. The number of hydrogen-bond donors (Lipinski definition) is 0. The molecular weight excluding hydrogens is 140 g/mol. The third kappa shape index (κ3) is 5.65. The number of esters is 1. The van der Waals surface area contributed by atoms with E-state index in [2.05, 4.69) is 4.74 Å². The quantitative estimate of drug-likeness (QED) is 0.332. The van der Waals surface area contributed by atoms with Crippen molar-refractivity contribution in [3.63, 3.8) is 0 Å². The average molecular weight is 150 g/mol. The van der Waals surface area contributed by atoms with Gasteiger partial charge in [0.1, 0.15) is 0 Å². The summed E-state index contributed by atoms with van der Waals surface area (Å²) in [5, 5.41) is 0. The molecule has 0 aliphatic heterocycles. The van der Waals surface area contributed by atoms with Crippen molar-refractivity contribution in [3.05, 3.63) is 0 Å². The van der Waals surface area contributed by atoms with Gasteiger partial charge >= 0.3 is 5.97 Å². The fourth-order valence-electron chi connectivity index (χ4n) is 0.267. The molecule has 0 unspecified atom stereocenters. The summed E-state index contributed by atoms with van der Waals surface area (Å²) in [6, 6.07) is 0. The van der Waals surface area contributed by atoms with Crippen molar-refractivity contribution >= 4 is 17.7 Å². The van der Waals surface area contributed by atoms with Gasteiger partial charge in [0.25, 0.3) is 0 Å². The summed E-state index contributed by atoms with van der Waals surface area (Å²) in [7, 11) is 2.96.